The van der Waals surface area contributed by atoms with Gasteiger partial charge in [0.05, 0.1) is 17.3 Å². The molecule has 1 aromatic carbocycles. The molecule has 3 rings (SSSR count). The van der Waals surface area contributed by atoms with E-state index in [9.17, 15) is 4.79 Å². The summed E-state index contributed by atoms with van der Waals surface area (Å²) in [4.78, 5) is 12.4. The Balaban J connectivity index is 1.67. The van der Waals surface area contributed by atoms with E-state index < -0.39 is 18.3 Å². The van der Waals surface area contributed by atoms with Crippen LogP contribution in [0.3, 0.4) is 0 Å². The summed E-state index contributed by atoms with van der Waals surface area (Å²) in [6.07, 6.45) is 2.21. The van der Waals surface area contributed by atoms with Crippen molar-refractivity contribution in [3.63, 3.8) is 0 Å². The Labute approximate surface area is 144 Å². The molecule has 1 unspecified atom stereocenters. The van der Waals surface area contributed by atoms with Gasteiger partial charge in [-0.2, -0.15) is 0 Å². The summed E-state index contributed by atoms with van der Waals surface area (Å²) in [5.41, 5.74) is 0.685. The molecule has 0 bridgehead atoms. The molecule has 2 saturated heterocycles. The highest BCUT2D eigenvalue weighted by Gasteiger charge is 2.51. The molecule has 2 fully saturated rings. The number of amides is 1. The van der Waals surface area contributed by atoms with Gasteiger partial charge in [0.1, 0.15) is 0 Å². The Morgan fingerprint density at radius 3 is 2.58 bits per heavy atom. The molecule has 6 heteroatoms. The fourth-order valence-corrected chi connectivity index (χ4v) is 2.92. The molecule has 24 heavy (non-hydrogen) atoms. The van der Waals surface area contributed by atoms with Gasteiger partial charge in [-0.15, -0.1) is 0 Å². The summed E-state index contributed by atoms with van der Waals surface area (Å²) in [6.45, 7) is 9.42. The first-order valence-electron chi connectivity index (χ1n) is 8.64. The monoisotopic (exact) mass is 331 g/mol. The molecule has 1 aromatic rings. The van der Waals surface area contributed by atoms with Crippen molar-refractivity contribution in [3.05, 3.63) is 29.8 Å². The van der Waals surface area contributed by atoms with E-state index in [0.29, 0.717) is 12.1 Å². The minimum atomic E-state index is -0.457. The molecular formula is C18H26BNO4. The maximum absolute atomic E-state index is 12.4. The highest BCUT2D eigenvalue weighted by atomic mass is 16.7. The van der Waals surface area contributed by atoms with E-state index in [4.69, 9.17) is 14.0 Å². The van der Waals surface area contributed by atoms with Gasteiger partial charge in [-0.3, -0.25) is 4.79 Å². The summed E-state index contributed by atoms with van der Waals surface area (Å²) in [6, 6.07) is 7.44. The average Bonchev–Trinajstić information content (AvgIpc) is 3.11. The Morgan fingerprint density at radius 2 is 1.96 bits per heavy atom. The van der Waals surface area contributed by atoms with Gasteiger partial charge in [-0.1, -0.05) is 12.1 Å². The molecule has 130 valence electrons. The second-order valence-corrected chi connectivity index (χ2v) is 7.56. The van der Waals surface area contributed by atoms with Gasteiger partial charge >= 0.3 is 7.12 Å². The number of nitrogens with one attached hydrogen (secondary N) is 1. The molecule has 0 aliphatic carbocycles. The van der Waals surface area contributed by atoms with Crippen molar-refractivity contribution in [1.82, 2.24) is 5.32 Å². The quantitative estimate of drug-likeness (QED) is 0.856. The Morgan fingerprint density at radius 1 is 1.25 bits per heavy atom. The van der Waals surface area contributed by atoms with Gasteiger partial charge in [-0.25, -0.2) is 0 Å². The molecule has 0 spiro atoms. The molecule has 1 atom stereocenters. The largest absolute Gasteiger partial charge is 0.494 e. The fraction of sp³-hybridized carbons (Fsp3) is 0.611. The SMILES string of the molecule is CC1(C)OB(c2cccc(C(=O)NCC3CCCO3)c2)OC1(C)C. The predicted molar refractivity (Wildman–Crippen MR) is 93.5 cm³/mol. The van der Waals surface area contributed by atoms with Gasteiger partial charge in [0.2, 0.25) is 0 Å². The summed E-state index contributed by atoms with van der Waals surface area (Å²) < 4.78 is 17.6. The second kappa shape index (κ2) is 6.50. The van der Waals surface area contributed by atoms with Crippen molar-refractivity contribution < 1.29 is 18.8 Å². The summed E-state index contributed by atoms with van der Waals surface area (Å²) in [5.74, 6) is -0.0936. The van der Waals surface area contributed by atoms with Crippen molar-refractivity contribution in [2.45, 2.75) is 57.8 Å². The number of ether oxygens (including phenoxy) is 1. The van der Waals surface area contributed by atoms with Crippen LogP contribution in [0.15, 0.2) is 24.3 Å². The van der Waals surface area contributed by atoms with Crippen molar-refractivity contribution in [1.29, 1.82) is 0 Å². The van der Waals surface area contributed by atoms with E-state index in [1.54, 1.807) is 6.07 Å². The van der Waals surface area contributed by atoms with Gasteiger partial charge in [0.25, 0.3) is 5.91 Å². The second-order valence-electron chi connectivity index (χ2n) is 7.56. The standard InChI is InChI=1S/C18H26BNO4/c1-17(2)18(3,4)24-19(23-17)14-8-5-7-13(11-14)16(21)20-12-15-9-6-10-22-15/h5,7-8,11,15H,6,9-10,12H2,1-4H3,(H,20,21). The van der Waals surface area contributed by atoms with Crippen LogP contribution in [-0.2, 0) is 14.0 Å². The molecule has 0 saturated carbocycles. The van der Waals surface area contributed by atoms with Crippen molar-refractivity contribution in [3.8, 4) is 0 Å². The van der Waals surface area contributed by atoms with Crippen LogP contribution in [0, 0.1) is 0 Å². The third kappa shape index (κ3) is 3.51. The van der Waals surface area contributed by atoms with Crippen LogP contribution < -0.4 is 10.8 Å². The third-order valence-corrected chi connectivity index (χ3v) is 5.19. The molecule has 0 radical (unpaired) electrons. The predicted octanol–water partition coefficient (Wildman–Crippen LogP) is 1.89. The zero-order valence-corrected chi connectivity index (χ0v) is 14.9. The smallest absolute Gasteiger partial charge is 0.399 e. The molecule has 5 nitrogen and oxygen atoms in total. The van der Waals surface area contributed by atoms with Crippen molar-refractivity contribution >= 4 is 18.5 Å². The van der Waals surface area contributed by atoms with Gasteiger partial charge < -0.3 is 19.4 Å². The first-order valence-corrected chi connectivity index (χ1v) is 8.64. The van der Waals surface area contributed by atoms with Crippen LogP contribution in [-0.4, -0.2) is 43.5 Å². The zero-order valence-electron chi connectivity index (χ0n) is 14.9. The van der Waals surface area contributed by atoms with E-state index in [1.165, 1.54) is 0 Å². The zero-order chi connectivity index (χ0) is 17.4. The number of carbonyl (C=O) groups is 1. The van der Waals surface area contributed by atoms with E-state index in [0.717, 1.165) is 24.9 Å². The molecule has 0 aromatic heterocycles. The van der Waals surface area contributed by atoms with Gasteiger partial charge in [0, 0.05) is 18.7 Å². The Kier molecular flexibility index (Phi) is 4.73. The number of benzene rings is 1. The molecular weight excluding hydrogens is 305 g/mol. The average molecular weight is 331 g/mol. The van der Waals surface area contributed by atoms with Crippen LogP contribution >= 0.6 is 0 Å². The molecule has 2 aliphatic heterocycles. The van der Waals surface area contributed by atoms with Crippen molar-refractivity contribution in [2.75, 3.05) is 13.2 Å². The first kappa shape index (κ1) is 17.5. The molecule has 2 heterocycles. The Hall–Kier alpha value is -1.37. The van der Waals surface area contributed by atoms with Gasteiger partial charge in [-0.05, 0) is 58.1 Å². The third-order valence-electron chi connectivity index (χ3n) is 5.19. The van der Waals surface area contributed by atoms with Crippen LogP contribution in [0.1, 0.15) is 50.9 Å². The van der Waals surface area contributed by atoms with Crippen LogP contribution in [0.5, 0.6) is 0 Å². The summed E-state index contributed by atoms with van der Waals surface area (Å²) in [7, 11) is -0.457. The Bertz CT molecular complexity index is 595. The summed E-state index contributed by atoms with van der Waals surface area (Å²) >= 11 is 0. The maximum atomic E-state index is 12.4. The summed E-state index contributed by atoms with van der Waals surface area (Å²) in [5, 5.41) is 2.95. The lowest BCUT2D eigenvalue weighted by Crippen LogP contribution is -2.41. The van der Waals surface area contributed by atoms with E-state index in [2.05, 4.69) is 5.32 Å². The first-order chi connectivity index (χ1) is 11.3. The molecule has 1 N–H and O–H groups in total. The number of carbonyl (C=O) groups excluding carboxylic acids is 1. The van der Waals surface area contributed by atoms with Gasteiger partial charge in [0.15, 0.2) is 0 Å². The minimum Gasteiger partial charge on any atom is -0.399 e. The van der Waals surface area contributed by atoms with Crippen LogP contribution in [0.25, 0.3) is 0 Å². The lowest BCUT2D eigenvalue weighted by atomic mass is 9.78. The van der Waals surface area contributed by atoms with E-state index in [1.807, 2.05) is 45.9 Å². The number of hydrogen-bond acceptors (Lipinski definition) is 4. The number of rotatable bonds is 4. The highest BCUT2D eigenvalue weighted by Crippen LogP contribution is 2.36. The van der Waals surface area contributed by atoms with Crippen LogP contribution in [0.2, 0.25) is 0 Å². The van der Waals surface area contributed by atoms with E-state index >= 15 is 0 Å². The molecule has 2 aliphatic rings. The normalized spacial score (nSPS) is 25.0. The molecule has 1 amide bonds. The minimum absolute atomic E-state index is 0.0936. The lowest BCUT2D eigenvalue weighted by molar-refractivity contribution is 0.00578. The fourth-order valence-electron chi connectivity index (χ4n) is 2.92. The van der Waals surface area contributed by atoms with Crippen LogP contribution in [0.4, 0.5) is 0 Å². The van der Waals surface area contributed by atoms with Crippen molar-refractivity contribution in [2.24, 2.45) is 0 Å². The topological polar surface area (TPSA) is 56.8 Å². The lowest BCUT2D eigenvalue weighted by Gasteiger charge is -2.32. The number of hydrogen-bond donors (Lipinski definition) is 1. The highest BCUT2D eigenvalue weighted by molar-refractivity contribution is 6.62. The van der Waals surface area contributed by atoms with E-state index in [-0.39, 0.29) is 12.0 Å². The maximum Gasteiger partial charge on any atom is 0.494 e.